The molecule has 0 unspecified atom stereocenters. The first-order valence-electron chi connectivity index (χ1n) is 6.59. The van der Waals surface area contributed by atoms with Crippen LogP contribution in [0.15, 0.2) is 12.4 Å². The Kier molecular flexibility index (Phi) is 8.08. The highest BCUT2D eigenvalue weighted by molar-refractivity contribution is 5.07. The first-order valence-corrected chi connectivity index (χ1v) is 6.59. The summed E-state index contributed by atoms with van der Waals surface area (Å²) in [7, 11) is 0. The van der Waals surface area contributed by atoms with Crippen molar-refractivity contribution in [3.05, 3.63) is 18.1 Å². The molecule has 1 aromatic heterocycles. The molecule has 0 amide bonds. The van der Waals surface area contributed by atoms with Crippen LogP contribution in [0.2, 0.25) is 0 Å². The van der Waals surface area contributed by atoms with E-state index < -0.39 is 0 Å². The summed E-state index contributed by atoms with van der Waals surface area (Å²) in [6.07, 6.45) is 5.54. The smallest absolute Gasteiger partial charge is 0.232 e. The molecule has 0 aliphatic rings. The molecule has 102 valence electrons. The third-order valence-electron chi connectivity index (χ3n) is 2.24. The van der Waals surface area contributed by atoms with Gasteiger partial charge in [0.25, 0.3) is 0 Å². The normalized spacial score (nSPS) is 10.6. The SMILES string of the molecule is CCCNCc1cnc(OCCOCCC)cn1. The lowest BCUT2D eigenvalue weighted by molar-refractivity contribution is 0.0988. The number of nitrogens with one attached hydrogen (secondary N) is 1. The lowest BCUT2D eigenvalue weighted by atomic mass is 10.4. The van der Waals surface area contributed by atoms with Crippen molar-refractivity contribution in [3.8, 4) is 5.88 Å². The molecule has 0 aliphatic carbocycles. The molecular weight excluding hydrogens is 230 g/mol. The van der Waals surface area contributed by atoms with Crippen LogP contribution in [0.3, 0.4) is 0 Å². The number of ether oxygens (including phenoxy) is 2. The molecule has 1 rings (SSSR count). The van der Waals surface area contributed by atoms with E-state index in [0.717, 1.165) is 38.2 Å². The lowest BCUT2D eigenvalue weighted by Gasteiger charge is -2.06. The highest BCUT2D eigenvalue weighted by Crippen LogP contribution is 2.03. The van der Waals surface area contributed by atoms with Gasteiger partial charge in [-0.25, -0.2) is 4.98 Å². The average Bonchev–Trinajstić information content (AvgIpc) is 2.40. The van der Waals surface area contributed by atoms with Crippen LogP contribution in [0.1, 0.15) is 32.4 Å². The first kappa shape index (κ1) is 14.9. The van der Waals surface area contributed by atoms with Crippen LogP contribution in [0, 0.1) is 0 Å². The Morgan fingerprint density at radius 3 is 2.61 bits per heavy atom. The van der Waals surface area contributed by atoms with Gasteiger partial charge in [-0.2, -0.15) is 0 Å². The summed E-state index contributed by atoms with van der Waals surface area (Å²) in [6, 6.07) is 0. The Balaban J connectivity index is 2.19. The molecule has 1 heterocycles. The maximum absolute atomic E-state index is 5.41. The van der Waals surface area contributed by atoms with Gasteiger partial charge in [-0.15, -0.1) is 0 Å². The fourth-order valence-electron chi connectivity index (χ4n) is 1.35. The summed E-state index contributed by atoms with van der Waals surface area (Å²) in [6.45, 7) is 7.85. The van der Waals surface area contributed by atoms with Gasteiger partial charge in [-0.05, 0) is 19.4 Å². The van der Waals surface area contributed by atoms with Crippen molar-refractivity contribution in [1.29, 1.82) is 0 Å². The Morgan fingerprint density at radius 1 is 1.06 bits per heavy atom. The summed E-state index contributed by atoms with van der Waals surface area (Å²) < 4.78 is 10.7. The molecule has 1 aromatic rings. The largest absolute Gasteiger partial charge is 0.474 e. The molecule has 0 bridgehead atoms. The zero-order valence-corrected chi connectivity index (χ0v) is 11.3. The second-order valence-corrected chi connectivity index (χ2v) is 3.98. The van der Waals surface area contributed by atoms with E-state index in [1.54, 1.807) is 12.4 Å². The van der Waals surface area contributed by atoms with E-state index in [9.17, 15) is 0 Å². The summed E-state index contributed by atoms with van der Waals surface area (Å²) in [5.74, 6) is 0.550. The maximum Gasteiger partial charge on any atom is 0.232 e. The highest BCUT2D eigenvalue weighted by atomic mass is 16.5. The van der Waals surface area contributed by atoms with E-state index in [2.05, 4.69) is 29.1 Å². The fourth-order valence-corrected chi connectivity index (χ4v) is 1.35. The molecule has 0 saturated heterocycles. The van der Waals surface area contributed by atoms with Gasteiger partial charge in [0, 0.05) is 13.2 Å². The highest BCUT2D eigenvalue weighted by Gasteiger charge is 1.98. The molecule has 0 spiro atoms. The summed E-state index contributed by atoms with van der Waals surface area (Å²) >= 11 is 0. The van der Waals surface area contributed by atoms with Crippen molar-refractivity contribution in [2.24, 2.45) is 0 Å². The minimum Gasteiger partial charge on any atom is -0.474 e. The van der Waals surface area contributed by atoms with Crippen molar-refractivity contribution in [3.63, 3.8) is 0 Å². The predicted octanol–water partition coefficient (Wildman–Crippen LogP) is 1.78. The van der Waals surface area contributed by atoms with Gasteiger partial charge in [0.15, 0.2) is 0 Å². The predicted molar refractivity (Wildman–Crippen MR) is 70.6 cm³/mol. The van der Waals surface area contributed by atoms with Crippen molar-refractivity contribution in [1.82, 2.24) is 15.3 Å². The molecule has 5 nitrogen and oxygen atoms in total. The van der Waals surface area contributed by atoms with Crippen LogP contribution in [0.4, 0.5) is 0 Å². The first-order chi connectivity index (χ1) is 8.86. The van der Waals surface area contributed by atoms with Crippen LogP contribution in [0.25, 0.3) is 0 Å². The van der Waals surface area contributed by atoms with Crippen LogP contribution >= 0.6 is 0 Å². The third-order valence-corrected chi connectivity index (χ3v) is 2.24. The van der Waals surface area contributed by atoms with Crippen molar-refractivity contribution in [2.75, 3.05) is 26.4 Å². The van der Waals surface area contributed by atoms with E-state index in [0.29, 0.717) is 19.1 Å². The van der Waals surface area contributed by atoms with Crippen LogP contribution < -0.4 is 10.1 Å². The molecule has 1 N–H and O–H groups in total. The van der Waals surface area contributed by atoms with Gasteiger partial charge in [-0.3, -0.25) is 4.98 Å². The van der Waals surface area contributed by atoms with Crippen LogP contribution in [-0.2, 0) is 11.3 Å². The van der Waals surface area contributed by atoms with E-state index in [1.807, 2.05) is 0 Å². The third kappa shape index (κ3) is 6.51. The van der Waals surface area contributed by atoms with Gasteiger partial charge < -0.3 is 14.8 Å². The molecular formula is C13H23N3O2. The summed E-state index contributed by atoms with van der Waals surface area (Å²) in [5, 5.41) is 3.27. The van der Waals surface area contributed by atoms with E-state index >= 15 is 0 Å². The molecule has 0 aromatic carbocycles. The van der Waals surface area contributed by atoms with Gasteiger partial charge in [0.05, 0.1) is 24.7 Å². The lowest BCUT2D eigenvalue weighted by Crippen LogP contribution is -2.15. The summed E-state index contributed by atoms with van der Waals surface area (Å²) in [4.78, 5) is 8.47. The van der Waals surface area contributed by atoms with Crippen molar-refractivity contribution < 1.29 is 9.47 Å². The number of aromatic nitrogens is 2. The van der Waals surface area contributed by atoms with Crippen LogP contribution in [0.5, 0.6) is 5.88 Å². The number of hydrogen-bond donors (Lipinski definition) is 1. The molecule has 0 atom stereocenters. The topological polar surface area (TPSA) is 56.3 Å². The van der Waals surface area contributed by atoms with Gasteiger partial charge in [-0.1, -0.05) is 13.8 Å². The van der Waals surface area contributed by atoms with Crippen LogP contribution in [-0.4, -0.2) is 36.3 Å². The molecule has 0 aliphatic heterocycles. The van der Waals surface area contributed by atoms with Crippen molar-refractivity contribution >= 4 is 0 Å². The molecule has 5 heteroatoms. The standard InChI is InChI=1S/C13H23N3O2/c1-3-5-14-9-12-10-16-13(11-15-12)18-8-7-17-6-4-2/h10-11,14H,3-9H2,1-2H3. The molecule has 18 heavy (non-hydrogen) atoms. The minimum atomic E-state index is 0.516. The quantitative estimate of drug-likeness (QED) is 0.644. The Labute approximate surface area is 109 Å². The summed E-state index contributed by atoms with van der Waals surface area (Å²) in [5.41, 5.74) is 0.929. The zero-order chi connectivity index (χ0) is 13.1. The fraction of sp³-hybridized carbons (Fsp3) is 0.692. The Morgan fingerprint density at radius 2 is 1.94 bits per heavy atom. The Bertz CT molecular complexity index is 304. The number of rotatable bonds is 10. The minimum absolute atomic E-state index is 0.516. The second kappa shape index (κ2) is 9.79. The monoisotopic (exact) mass is 253 g/mol. The second-order valence-electron chi connectivity index (χ2n) is 3.98. The van der Waals surface area contributed by atoms with E-state index in [4.69, 9.17) is 9.47 Å². The van der Waals surface area contributed by atoms with E-state index in [-0.39, 0.29) is 0 Å². The van der Waals surface area contributed by atoms with E-state index in [1.165, 1.54) is 0 Å². The van der Waals surface area contributed by atoms with Gasteiger partial charge >= 0.3 is 0 Å². The molecule has 0 saturated carbocycles. The Hall–Kier alpha value is -1.20. The van der Waals surface area contributed by atoms with Gasteiger partial charge in [0.1, 0.15) is 6.61 Å². The molecule has 0 fully saturated rings. The average molecular weight is 253 g/mol. The number of nitrogens with zero attached hydrogens (tertiary/aromatic N) is 2. The molecule has 0 radical (unpaired) electrons. The van der Waals surface area contributed by atoms with Crippen molar-refractivity contribution in [2.45, 2.75) is 33.2 Å². The number of hydrogen-bond acceptors (Lipinski definition) is 5. The van der Waals surface area contributed by atoms with Gasteiger partial charge in [0.2, 0.25) is 5.88 Å². The maximum atomic E-state index is 5.41. The zero-order valence-electron chi connectivity index (χ0n) is 11.3.